The summed E-state index contributed by atoms with van der Waals surface area (Å²) in [6.45, 7) is 2.29. The van der Waals surface area contributed by atoms with Gasteiger partial charge in [-0.3, -0.25) is 0 Å². The minimum Gasteiger partial charge on any atom is -0.381 e. The molecule has 100 valence electrons. The Labute approximate surface area is 115 Å². The van der Waals surface area contributed by atoms with E-state index in [9.17, 15) is 0 Å². The lowest BCUT2D eigenvalue weighted by Gasteiger charge is -2.26. The number of benzene rings is 1. The molecule has 2 rings (SSSR count). The summed E-state index contributed by atoms with van der Waals surface area (Å²) in [6.07, 6.45) is 5.47. The van der Waals surface area contributed by atoms with E-state index in [2.05, 4.69) is 23.2 Å². The van der Waals surface area contributed by atoms with Gasteiger partial charge in [-0.25, -0.2) is 0 Å². The van der Waals surface area contributed by atoms with Gasteiger partial charge in [-0.15, -0.1) is 0 Å². The highest BCUT2D eigenvalue weighted by molar-refractivity contribution is 6.34. The topological polar surface area (TPSA) is 15.3 Å². The van der Waals surface area contributed by atoms with Crippen molar-refractivity contribution in [2.75, 3.05) is 24.3 Å². The predicted octanol–water partition coefficient (Wildman–Crippen LogP) is 4.40. The summed E-state index contributed by atoms with van der Waals surface area (Å²) in [7, 11) is 4.07. The quantitative estimate of drug-likeness (QED) is 0.869. The molecule has 1 N–H and O–H groups in total. The van der Waals surface area contributed by atoms with E-state index >= 15 is 0 Å². The maximum absolute atomic E-state index is 6.29. The first-order chi connectivity index (χ1) is 8.59. The lowest BCUT2D eigenvalue weighted by atomic mass is 9.99. The number of rotatable bonds is 4. The van der Waals surface area contributed by atoms with Crippen LogP contribution in [-0.2, 0) is 0 Å². The first kappa shape index (κ1) is 13.5. The first-order valence-electron chi connectivity index (χ1n) is 6.82. The van der Waals surface area contributed by atoms with Gasteiger partial charge in [0.15, 0.2) is 0 Å². The summed E-state index contributed by atoms with van der Waals surface area (Å²) in [5.41, 5.74) is 2.23. The fraction of sp³-hybridized carbons (Fsp3) is 0.600. The van der Waals surface area contributed by atoms with Crippen LogP contribution in [0.1, 0.15) is 32.6 Å². The van der Waals surface area contributed by atoms with Crippen LogP contribution in [0, 0.1) is 5.92 Å². The second kappa shape index (κ2) is 5.83. The molecular weight excluding hydrogens is 244 g/mol. The van der Waals surface area contributed by atoms with E-state index in [1.54, 1.807) is 0 Å². The molecule has 1 aromatic rings. The van der Waals surface area contributed by atoms with Crippen molar-refractivity contribution < 1.29 is 0 Å². The first-order valence-corrected chi connectivity index (χ1v) is 7.19. The highest BCUT2D eigenvalue weighted by atomic mass is 35.5. The van der Waals surface area contributed by atoms with Crippen LogP contribution in [0.15, 0.2) is 18.2 Å². The van der Waals surface area contributed by atoms with Crippen molar-refractivity contribution >= 4 is 23.0 Å². The second-order valence-corrected chi connectivity index (χ2v) is 5.92. The van der Waals surface area contributed by atoms with Crippen molar-refractivity contribution in [3.8, 4) is 0 Å². The molecular formula is C15H23ClN2. The summed E-state index contributed by atoms with van der Waals surface area (Å²) in [6, 6.07) is 6.60. The minimum absolute atomic E-state index is 0.518. The molecule has 0 heterocycles. The lowest BCUT2D eigenvalue weighted by molar-refractivity contribution is 0.482. The molecule has 1 unspecified atom stereocenters. The largest absolute Gasteiger partial charge is 0.381 e. The van der Waals surface area contributed by atoms with Crippen LogP contribution in [0.3, 0.4) is 0 Å². The molecule has 1 fully saturated rings. The second-order valence-electron chi connectivity index (χ2n) is 5.51. The SMILES string of the molecule is CC(Nc1cccc(Cl)c1N(C)C)C1CCCC1. The van der Waals surface area contributed by atoms with Crippen LogP contribution >= 0.6 is 11.6 Å². The summed E-state index contributed by atoms with van der Waals surface area (Å²) >= 11 is 6.29. The average Bonchev–Trinajstić information content (AvgIpc) is 2.81. The average molecular weight is 267 g/mol. The van der Waals surface area contributed by atoms with Crippen LogP contribution in [0.25, 0.3) is 0 Å². The van der Waals surface area contributed by atoms with Crippen LogP contribution in [0.5, 0.6) is 0 Å². The number of anilines is 2. The van der Waals surface area contributed by atoms with E-state index in [1.165, 1.54) is 25.7 Å². The minimum atomic E-state index is 0.518. The van der Waals surface area contributed by atoms with E-state index in [0.29, 0.717) is 6.04 Å². The zero-order valence-corrected chi connectivity index (χ0v) is 12.3. The Balaban J connectivity index is 2.15. The fourth-order valence-electron chi connectivity index (χ4n) is 2.91. The molecule has 18 heavy (non-hydrogen) atoms. The number of nitrogens with one attached hydrogen (secondary N) is 1. The van der Waals surface area contributed by atoms with Gasteiger partial charge >= 0.3 is 0 Å². The molecule has 1 aliphatic carbocycles. The van der Waals surface area contributed by atoms with Gasteiger partial charge in [-0.2, -0.15) is 0 Å². The Bertz CT molecular complexity index is 397. The lowest BCUT2D eigenvalue weighted by Crippen LogP contribution is -2.25. The number of nitrogens with zero attached hydrogens (tertiary/aromatic N) is 1. The maximum atomic E-state index is 6.29. The summed E-state index contributed by atoms with van der Waals surface area (Å²) in [5.74, 6) is 0.805. The Morgan fingerprint density at radius 2 is 1.94 bits per heavy atom. The molecule has 3 heteroatoms. The Kier molecular flexibility index (Phi) is 4.39. The van der Waals surface area contributed by atoms with E-state index in [0.717, 1.165) is 22.3 Å². The van der Waals surface area contributed by atoms with Crippen molar-refractivity contribution in [3.05, 3.63) is 23.2 Å². The third-order valence-corrected chi connectivity index (χ3v) is 4.23. The van der Waals surface area contributed by atoms with Gasteiger partial charge in [0.05, 0.1) is 16.4 Å². The summed E-state index contributed by atoms with van der Waals surface area (Å²) in [5, 5.41) is 4.46. The Hall–Kier alpha value is -0.890. The van der Waals surface area contributed by atoms with Gasteiger partial charge in [0.25, 0.3) is 0 Å². The van der Waals surface area contributed by atoms with E-state index in [1.807, 2.05) is 26.2 Å². The Morgan fingerprint density at radius 3 is 2.56 bits per heavy atom. The third-order valence-electron chi connectivity index (χ3n) is 3.92. The van der Waals surface area contributed by atoms with Gasteiger partial charge in [-0.1, -0.05) is 30.5 Å². The van der Waals surface area contributed by atoms with Crippen molar-refractivity contribution in [3.63, 3.8) is 0 Å². The van der Waals surface area contributed by atoms with Crippen molar-refractivity contribution in [2.45, 2.75) is 38.6 Å². The van der Waals surface area contributed by atoms with Crippen molar-refractivity contribution in [1.82, 2.24) is 0 Å². The molecule has 1 aliphatic rings. The van der Waals surface area contributed by atoms with Crippen LogP contribution < -0.4 is 10.2 Å². The van der Waals surface area contributed by atoms with Gasteiger partial charge in [0, 0.05) is 20.1 Å². The van der Waals surface area contributed by atoms with Gasteiger partial charge in [0.1, 0.15) is 0 Å². The molecule has 0 aromatic heterocycles. The van der Waals surface area contributed by atoms with E-state index in [4.69, 9.17) is 11.6 Å². The third kappa shape index (κ3) is 2.92. The molecule has 0 spiro atoms. The molecule has 2 nitrogen and oxygen atoms in total. The van der Waals surface area contributed by atoms with Gasteiger partial charge < -0.3 is 10.2 Å². The predicted molar refractivity (Wildman–Crippen MR) is 80.8 cm³/mol. The molecule has 0 radical (unpaired) electrons. The molecule has 1 saturated carbocycles. The molecule has 0 saturated heterocycles. The number of para-hydroxylation sites is 1. The standard InChI is InChI=1S/C15H23ClN2/c1-11(12-7-4-5-8-12)17-14-10-6-9-13(16)15(14)18(2)3/h6,9-12,17H,4-5,7-8H2,1-3H3. The number of hydrogen-bond donors (Lipinski definition) is 1. The smallest absolute Gasteiger partial charge is 0.0786 e. The molecule has 0 amide bonds. The highest BCUT2D eigenvalue weighted by Gasteiger charge is 2.22. The normalized spacial score (nSPS) is 17.8. The molecule has 1 aromatic carbocycles. The van der Waals surface area contributed by atoms with Gasteiger partial charge in [-0.05, 0) is 37.8 Å². The highest BCUT2D eigenvalue weighted by Crippen LogP contribution is 2.35. The van der Waals surface area contributed by atoms with E-state index < -0.39 is 0 Å². The maximum Gasteiger partial charge on any atom is 0.0786 e. The summed E-state index contributed by atoms with van der Waals surface area (Å²) < 4.78 is 0. The monoisotopic (exact) mass is 266 g/mol. The Morgan fingerprint density at radius 1 is 1.28 bits per heavy atom. The zero-order chi connectivity index (χ0) is 13.1. The summed E-state index contributed by atoms with van der Waals surface area (Å²) in [4.78, 5) is 2.08. The fourth-order valence-corrected chi connectivity index (χ4v) is 3.25. The van der Waals surface area contributed by atoms with E-state index in [-0.39, 0.29) is 0 Å². The number of halogens is 1. The van der Waals surface area contributed by atoms with Gasteiger partial charge in [0.2, 0.25) is 0 Å². The number of hydrogen-bond acceptors (Lipinski definition) is 2. The van der Waals surface area contributed by atoms with Crippen molar-refractivity contribution in [1.29, 1.82) is 0 Å². The van der Waals surface area contributed by atoms with Crippen molar-refractivity contribution in [2.24, 2.45) is 5.92 Å². The molecule has 1 atom stereocenters. The van der Waals surface area contributed by atoms with Crippen LogP contribution in [0.2, 0.25) is 5.02 Å². The molecule has 0 bridgehead atoms. The van der Waals surface area contributed by atoms with Crippen LogP contribution in [0.4, 0.5) is 11.4 Å². The molecule has 0 aliphatic heterocycles. The zero-order valence-electron chi connectivity index (χ0n) is 11.5. The van der Waals surface area contributed by atoms with Crippen LogP contribution in [-0.4, -0.2) is 20.1 Å².